The van der Waals surface area contributed by atoms with E-state index >= 15 is 0 Å². The van der Waals surface area contributed by atoms with Crippen molar-refractivity contribution < 1.29 is 15.0 Å². The fourth-order valence-corrected chi connectivity index (χ4v) is 9.96. The maximum atomic E-state index is 13.7. The Morgan fingerprint density at radius 2 is 1.82 bits per heavy atom. The molecule has 40 heavy (non-hydrogen) atoms. The molecule has 2 aliphatic carbocycles. The molecule has 2 aromatic heterocycles. The summed E-state index contributed by atoms with van der Waals surface area (Å²) in [5.41, 5.74) is 5.30. The van der Waals surface area contributed by atoms with Gasteiger partial charge < -0.3 is 10.2 Å². The zero-order chi connectivity index (χ0) is 27.4. The van der Waals surface area contributed by atoms with Crippen LogP contribution in [0.3, 0.4) is 0 Å². The van der Waals surface area contributed by atoms with Gasteiger partial charge in [-0.1, -0.05) is 0 Å². The van der Waals surface area contributed by atoms with Crippen LogP contribution in [0, 0.1) is 0 Å². The summed E-state index contributed by atoms with van der Waals surface area (Å²) in [6.07, 6.45) is 9.55. The van der Waals surface area contributed by atoms with Crippen LogP contribution in [-0.4, -0.2) is 44.1 Å². The number of aromatic nitrogens is 4. The predicted molar refractivity (Wildman–Crippen MR) is 162 cm³/mol. The first-order chi connectivity index (χ1) is 19.2. The van der Waals surface area contributed by atoms with Gasteiger partial charge in [-0.05, 0) is 6.92 Å². The van der Waals surface area contributed by atoms with Gasteiger partial charge in [0.1, 0.15) is 5.60 Å². The van der Waals surface area contributed by atoms with Crippen LogP contribution in [0.4, 0.5) is 0 Å². The van der Waals surface area contributed by atoms with E-state index in [1.165, 1.54) is 24.0 Å². The van der Waals surface area contributed by atoms with E-state index in [1.807, 2.05) is 6.07 Å². The maximum absolute atomic E-state index is 13.7. The quantitative estimate of drug-likeness (QED) is 0.161. The van der Waals surface area contributed by atoms with Crippen LogP contribution in [0.25, 0.3) is 22.2 Å². The Labute approximate surface area is 239 Å². The molecule has 0 spiro atoms. The number of rotatable bonds is 3. The number of hydrogen-bond donors (Lipinski definition) is 2. The molecule has 8 rings (SSSR count). The second kappa shape index (κ2) is 8.53. The van der Waals surface area contributed by atoms with E-state index in [0.29, 0.717) is 15.5 Å². The summed E-state index contributed by atoms with van der Waals surface area (Å²) in [7, 11) is 0. The van der Waals surface area contributed by atoms with Crippen LogP contribution in [0.5, 0.6) is 0 Å². The van der Waals surface area contributed by atoms with Crippen LogP contribution >= 0.6 is 19.8 Å². The molecule has 0 saturated heterocycles. The van der Waals surface area contributed by atoms with Gasteiger partial charge in [0, 0.05) is 12.8 Å². The first-order valence-electron chi connectivity index (χ1n) is 13.9. The summed E-state index contributed by atoms with van der Waals surface area (Å²) in [6.45, 7) is 1.72. The normalized spacial score (nSPS) is 30.7. The summed E-state index contributed by atoms with van der Waals surface area (Å²) in [4.78, 5) is 29.9. The second-order valence-electron chi connectivity index (χ2n) is 12.3. The SMILES string of the molecule is CI1/C=C/[C@@H]2C[C@H](c3c(cccc3C3CC3)C1=O)n1c2nc2ccc(-c3cnc(C4(O)CC(C)(O)C4)nc3)cc21. The number of fused-ring (bicyclic) bond motifs is 9. The van der Waals surface area contributed by atoms with Gasteiger partial charge in [-0.15, -0.1) is 0 Å². The minimum atomic E-state index is -1.91. The van der Waals surface area contributed by atoms with Gasteiger partial charge in [0.05, 0.1) is 5.60 Å². The first-order valence-corrected chi connectivity index (χ1v) is 18.4. The van der Waals surface area contributed by atoms with Crippen molar-refractivity contribution in [3.8, 4) is 11.1 Å². The topological polar surface area (TPSA) is 101 Å². The van der Waals surface area contributed by atoms with E-state index in [0.717, 1.165) is 40.0 Å². The van der Waals surface area contributed by atoms with Gasteiger partial charge in [-0.25, -0.2) is 0 Å². The van der Waals surface area contributed by atoms with Crippen molar-refractivity contribution >= 4 is 34.6 Å². The Bertz CT molecular complexity index is 1730. The fourth-order valence-electron chi connectivity index (χ4n) is 7.12. The number of hydrogen-bond acceptors (Lipinski definition) is 6. The molecule has 2 saturated carbocycles. The molecule has 0 radical (unpaired) electrons. The Morgan fingerprint density at radius 3 is 2.55 bits per heavy atom. The Balaban J connectivity index is 1.25. The van der Waals surface area contributed by atoms with Crippen LogP contribution < -0.4 is 0 Å². The first kappa shape index (κ1) is 24.8. The van der Waals surface area contributed by atoms with E-state index in [9.17, 15) is 15.0 Å². The molecule has 4 aromatic rings. The molecular formula is C32H31IN4O3. The third-order valence-corrected chi connectivity index (χ3v) is 12.7. The van der Waals surface area contributed by atoms with Gasteiger partial charge >= 0.3 is 199 Å². The molecule has 2 fully saturated rings. The van der Waals surface area contributed by atoms with Crippen molar-refractivity contribution in [2.75, 3.05) is 4.93 Å². The van der Waals surface area contributed by atoms with Crippen LogP contribution in [0.15, 0.2) is 59.0 Å². The standard InChI is InChI=1S/C32H31IN4O3/c1-31(39)16-32(40,17-31)30-34-14-21(15-35-30)19-8-9-24-25(12-19)37-26-13-20(29(37)36-24)10-11-33(2)28(38)23-5-3-4-22(27(23)26)18-6-7-18/h3-5,8-12,14-15,18,20,26,39-40H,6-7,13,16-17H2,1-2H3/b11-10+/t20-,26-,31?,32?/m1/s1. The fraction of sp³-hybridized carbons (Fsp3) is 0.375. The van der Waals surface area contributed by atoms with E-state index < -0.39 is 31.0 Å². The molecule has 2 atom stereocenters. The Morgan fingerprint density at radius 1 is 1.05 bits per heavy atom. The molecule has 2 aliphatic heterocycles. The molecular weight excluding hydrogens is 615 g/mol. The molecule has 4 aliphatic rings. The summed E-state index contributed by atoms with van der Waals surface area (Å²) in [6, 6.07) is 12.7. The van der Waals surface area contributed by atoms with Crippen LogP contribution in [-0.2, 0) is 5.60 Å². The third-order valence-electron chi connectivity index (χ3n) is 9.05. The monoisotopic (exact) mass is 646 g/mol. The number of aliphatic hydroxyl groups is 2. The van der Waals surface area contributed by atoms with Gasteiger partial charge in [-0.2, -0.15) is 0 Å². The van der Waals surface area contributed by atoms with E-state index in [4.69, 9.17) is 4.98 Å². The molecule has 2 aromatic carbocycles. The second-order valence-corrected chi connectivity index (χ2v) is 16.9. The van der Waals surface area contributed by atoms with E-state index in [-0.39, 0.29) is 24.8 Å². The molecule has 4 heterocycles. The van der Waals surface area contributed by atoms with Crippen molar-refractivity contribution in [1.82, 2.24) is 19.5 Å². The number of nitrogens with zero attached hydrogens (tertiary/aromatic N) is 4. The number of allylic oxidation sites excluding steroid dienone is 1. The van der Waals surface area contributed by atoms with Crippen LogP contribution in [0.2, 0.25) is 0 Å². The number of carbonyl (C=O) groups is 1. The number of alkyl halides is 1. The van der Waals surface area contributed by atoms with Crippen molar-refractivity contribution in [3.05, 3.63) is 87.3 Å². The van der Waals surface area contributed by atoms with Crippen molar-refractivity contribution in [1.29, 1.82) is 0 Å². The number of halogens is 1. The molecule has 2 bridgehead atoms. The molecule has 7 nitrogen and oxygen atoms in total. The third kappa shape index (κ3) is 3.75. The van der Waals surface area contributed by atoms with Gasteiger partial charge in [0.25, 0.3) is 0 Å². The minimum absolute atomic E-state index is 0.0716. The number of benzene rings is 2. The zero-order valence-corrected chi connectivity index (χ0v) is 24.7. The average Bonchev–Trinajstić information content (AvgIpc) is 3.62. The van der Waals surface area contributed by atoms with Crippen molar-refractivity contribution in [2.45, 2.75) is 68.1 Å². The van der Waals surface area contributed by atoms with Gasteiger partial charge in [0.2, 0.25) is 0 Å². The van der Waals surface area contributed by atoms with Crippen molar-refractivity contribution in [3.63, 3.8) is 0 Å². The summed E-state index contributed by atoms with van der Waals surface area (Å²) >= 11 is -1.91. The summed E-state index contributed by atoms with van der Waals surface area (Å²) in [5, 5.41) is 20.9. The molecule has 0 unspecified atom stereocenters. The van der Waals surface area contributed by atoms with Gasteiger partial charge in [0.15, 0.2) is 0 Å². The predicted octanol–water partition coefficient (Wildman–Crippen LogP) is 5.98. The molecule has 204 valence electrons. The number of imidazole rings is 1. The summed E-state index contributed by atoms with van der Waals surface area (Å²) in [5.74, 6) is 2.17. The van der Waals surface area contributed by atoms with Crippen LogP contribution in [0.1, 0.15) is 90.0 Å². The Kier molecular flexibility index (Phi) is 5.29. The average molecular weight is 647 g/mol. The van der Waals surface area contributed by atoms with Gasteiger partial charge in [-0.3, -0.25) is 0 Å². The van der Waals surface area contributed by atoms with Crippen molar-refractivity contribution in [2.24, 2.45) is 0 Å². The molecule has 0 amide bonds. The summed E-state index contributed by atoms with van der Waals surface area (Å²) < 4.78 is 4.96. The zero-order valence-electron chi connectivity index (χ0n) is 22.5. The van der Waals surface area contributed by atoms with E-state index in [1.54, 1.807) is 19.3 Å². The number of carbonyl (C=O) groups excluding carboxylic acids is 1. The molecule has 8 heteroatoms. The Hall–Kier alpha value is -2.95. The van der Waals surface area contributed by atoms with E-state index in [2.05, 4.69) is 60.0 Å². The molecule has 2 N–H and O–H groups in total.